The van der Waals surface area contributed by atoms with E-state index in [2.05, 4.69) is 10.2 Å². The fraction of sp³-hybridized carbons (Fsp3) is 0.467. The summed E-state index contributed by atoms with van der Waals surface area (Å²) in [7, 11) is 0. The third-order valence-corrected chi connectivity index (χ3v) is 4.16. The van der Waals surface area contributed by atoms with Crippen LogP contribution in [0.3, 0.4) is 0 Å². The Bertz CT molecular complexity index is 646. The number of hydrogen-bond donors (Lipinski definition) is 3. The van der Waals surface area contributed by atoms with E-state index in [1.54, 1.807) is 17.0 Å². The quantitative estimate of drug-likeness (QED) is 0.743. The number of aromatic nitrogens is 2. The summed E-state index contributed by atoms with van der Waals surface area (Å²) >= 11 is 0. The molecule has 0 spiro atoms. The van der Waals surface area contributed by atoms with Crippen LogP contribution < -0.4 is 5.73 Å². The second kappa shape index (κ2) is 5.73. The van der Waals surface area contributed by atoms with E-state index in [1.165, 1.54) is 0 Å². The van der Waals surface area contributed by atoms with Gasteiger partial charge in [-0.3, -0.25) is 9.89 Å². The van der Waals surface area contributed by atoms with Gasteiger partial charge in [-0.15, -0.1) is 0 Å². The van der Waals surface area contributed by atoms with Crippen molar-refractivity contribution in [2.75, 3.05) is 18.9 Å². The van der Waals surface area contributed by atoms with Gasteiger partial charge in [-0.2, -0.15) is 5.10 Å². The van der Waals surface area contributed by atoms with Crippen LogP contribution in [-0.4, -0.2) is 45.3 Å². The van der Waals surface area contributed by atoms with Gasteiger partial charge in [0.1, 0.15) is 0 Å². The van der Waals surface area contributed by atoms with Crippen LogP contribution in [0.1, 0.15) is 36.2 Å². The lowest BCUT2D eigenvalue weighted by molar-refractivity contribution is 0.0634. The van der Waals surface area contributed by atoms with Gasteiger partial charge in [0.15, 0.2) is 5.69 Å². The highest BCUT2D eigenvalue weighted by molar-refractivity contribution is 6.05. The Balaban J connectivity index is 1.95. The minimum absolute atomic E-state index is 0.0350. The Labute approximate surface area is 122 Å². The van der Waals surface area contributed by atoms with Crippen molar-refractivity contribution in [3.63, 3.8) is 0 Å². The molecule has 1 aliphatic carbocycles. The number of benzene rings is 1. The fourth-order valence-electron chi connectivity index (χ4n) is 3.10. The SMILES string of the molecule is Nc1ccc2[nH]nc(C(=O)N(CCO)C3CCCC3)c2c1. The van der Waals surface area contributed by atoms with Crippen LogP contribution in [0, 0.1) is 0 Å². The van der Waals surface area contributed by atoms with Crippen LogP contribution in [0.5, 0.6) is 0 Å². The maximum absolute atomic E-state index is 12.8. The molecule has 1 aromatic carbocycles. The maximum Gasteiger partial charge on any atom is 0.275 e. The highest BCUT2D eigenvalue weighted by atomic mass is 16.3. The molecule has 1 saturated carbocycles. The molecule has 1 aliphatic rings. The van der Waals surface area contributed by atoms with Crippen molar-refractivity contribution in [3.05, 3.63) is 23.9 Å². The van der Waals surface area contributed by atoms with E-state index in [0.717, 1.165) is 36.6 Å². The Kier molecular flexibility index (Phi) is 3.79. The van der Waals surface area contributed by atoms with Crippen molar-refractivity contribution in [2.24, 2.45) is 0 Å². The monoisotopic (exact) mass is 288 g/mol. The number of aromatic amines is 1. The summed E-state index contributed by atoms with van der Waals surface area (Å²) in [6.45, 7) is 0.312. The van der Waals surface area contributed by atoms with Gasteiger partial charge in [-0.05, 0) is 31.0 Å². The lowest BCUT2D eigenvalue weighted by atomic mass is 10.1. The van der Waals surface area contributed by atoms with Crippen molar-refractivity contribution in [3.8, 4) is 0 Å². The average molecular weight is 288 g/mol. The number of carbonyl (C=O) groups excluding carboxylic acids is 1. The van der Waals surface area contributed by atoms with Gasteiger partial charge in [-0.1, -0.05) is 12.8 Å². The van der Waals surface area contributed by atoms with Gasteiger partial charge in [0, 0.05) is 23.7 Å². The number of aliphatic hydroxyl groups excluding tert-OH is 1. The normalized spacial score (nSPS) is 15.7. The Hall–Kier alpha value is -2.08. The second-order valence-electron chi connectivity index (χ2n) is 5.54. The minimum atomic E-state index is -0.132. The first-order chi connectivity index (χ1) is 10.2. The fourth-order valence-corrected chi connectivity index (χ4v) is 3.10. The first-order valence-electron chi connectivity index (χ1n) is 7.36. The molecule has 3 rings (SSSR count). The predicted octanol–water partition coefficient (Wildman–Crippen LogP) is 1.52. The molecule has 1 fully saturated rings. The third-order valence-electron chi connectivity index (χ3n) is 4.16. The van der Waals surface area contributed by atoms with Crippen LogP contribution in [0.25, 0.3) is 10.9 Å². The van der Waals surface area contributed by atoms with E-state index >= 15 is 0 Å². The molecular formula is C15H20N4O2. The number of fused-ring (bicyclic) bond motifs is 1. The summed E-state index contributed by atoms with van der Waals surface area (Å²) in [6, 6.07) is 5.56. The number of carbonyl (C=O) groups is 1. The molecule has 0 radical (unpaired) electrons. The zero-order chi connectivity index (χ0) is 14.8. The van der Waals surface area contributed by atoms with E-state index in [0.29, 0.717) is 17.9 Å². The first-order valence-corrected chi connectivity index (χ1v) is 7.36. The van der Waals surface area contributed by atoms with E-state index in [4.69, 9.17) is 5.73 Å². The average Bonchev–Trinajstić information content (AvgIpc) is 3.13. The molecule has 0 unspecified atom stereocenters. The number of anilines is 1. The van der Waals surface area contributed by atoms with E-state index in [1.807, 2.05) is 6.07 Å². The summed E-state index contributed by atoms with van der Waals surface area (Å²) in [5.74, 6) is -0.132. The van der Waals surface area contributed by atoms with Crippen LogP contribution >= 0.6 is 0 Å². The van der Waals surface area contributed by atoms with Gasteiger partial charge in [0.25, 0.3) is 5.91 Å². The van der Waals surface area contributed by atoms with Crippen LogP contribution in [0.15, 0.2) is 18.2 Å². The smallest absolute Gasteiger partial charge is 0.275 e. The summed E-state index contributed by atoms with van der Waals surface area (Å²) in [5.41, 5.74) is 7.59. The van der Waals surface area contributed by atoms with Gasteiger partial charge < -0.3 is 15.7 Å². The highest BCUT2D eigenvalue weighted by Gasteiger charge is 2.29. The van der Waals surface area contributed by atoms with Crippen molar-refractivity contribution in [1.29, 1.82) is 0 Å². The van der Waals surface area contributed by atoms with Gasteiger partial charge in [0.2, 0.25) is 0 Å². The Morgan fingerprint density at radius 2 is 2.19 bits per heavy atom. The summed E-state index contributed by atoms with van der Waals surface area (Å²) < 4.78 is 0. The number of nitrogens with one attached hydrogen (secondary N) is 1. The molecule has 1 aromatic heterocycles. The number of nitrogen functional groups attached to an aromatic ring is 1. The molecule has 0 saturated heterocycles. The van der Waals surface area contributed by atoms with Crippen molar-refractivity contribution >= 4 is 22.5 Å². The number of nitrogens with zero attached hydrogens (tertiary/aromatic N) is 2. The Morgan fingerprint density at radius 3 is 2.90 bits per heavy atom. The minimum Gasteiger partial charge on any atom is -0.399 e. The van der Waals surface area contributed by atoms with Crippen LogP contribution in [0.2, 0.25) is 0 Å². The third kappa shape index (κ3) is 2.58. The molecule has 0 atom stereocenters. The molecule has 21 heavy (non-hydrogen) atoms. The topological polar surface area (TPSA) is 95.2 Å². The zero-order valence-electron chi connectivity index (χ0n) is 11.9. The lowest BCUT2D eigenvalue weighted by Gasteiger charge is -2.27. The molecule has 112 valence electrons. The summed E-state index contributed by atoms with van der Waals surface area (Å²) in [5, 5.41) is 17.0. The lowest BCUT2D eigenvalue weighted by Crippen LogP contribution is -2.41. The number of nitrogens with two attached hydrogens (primary N) is 1. The number of aliphatic hydroxyl groups is 1. The molecule has 6 heteroatoms. The van der Waals surface area contributed by atoms with E-state index in [9.17, 15) is 9.90 Å². The molecule has 2 aromatic rings. The molecule has 6 nitrogen and oxygen atoms in total. The molecule has 1 amide bonds. The molecular weight excluding hydrogens is 268 g/mol. The van der Waals surface area contributed by atoms with Crippen LogP contribution in [0.4, 0.5) is 5.69 Å². The molecule has 0 bridgehead atoms. The van der Waals surface area contributed by atoms with E-state index < -0.39 is 0 Å². The zero-order valence-corrected chi connectivity index (χ0v) is 11.9. The van der Waals surface area contributed by atoms with E-state index in [-0.39, 0.29) is 18.6 Å². The molecule has 0 aliphatic heterocycles. The van der Waals surface area contributed by atoms with Crippen molar-refractivity contribution in [2.45, 2.75) is 31.7 Å². The van der Waals surface area contributed by atoms with Crippen molar-refractivity contribution < 1.29 is 9.90 Å². The summed E-state index contributed by atoms with van der Waals surface area (Å²) in [6.07, 6.45) is 4.26. The largest absolute Gasteiger partial charge is 0.399 e. The highest BCUT2D eigenvalue weighted by Crippen LogP contribution is 2.26. The van der Waals surface area contributed by atoms with Gasteiger partial charge in [0.05, 0.1) is 12.1 Å². The Morgan fingerprint density at radius 1 is 1.43 bits per heavy atom. The van der Waals surface area contributed by atoms with Crippen LogP contribution in [-0.2, 0) is 0 Å². The number of hydrogen-bond acceptors (Lipinski definition) is 4. The molecule has 4 N–H and O–H groups in total. The summed E-state index contributed by atoms with van der Waals surface area (Å²) in [4.78, 5) is 14.6. The second-order valence-corrected chi connectivity index (χ2v) is 5.54. The number of H-pyrrole nitrogens is 1. The van der Waals surface area contributed by atoms with Gasteiger partial charge >= 0.3 is 0 Å². The predicted molar refractivity (Wildman–Crippen MR) is 80.9 cm³/mol. The molecule has 1 heterocycles. The van der Waals surface area contributed by atoms with Crippen molar-refractivity contribution in [1.82, 2.24) is 15.1 Å². The maximum atomic E-state index is 12.8. The standard InChI is InChI=1S/C15H20N4O2/c16-10-5-6-13-12(9-10)14(18-17-13)15(21)19(7-8-20)11-3-1-2-4-11/h5-6,9,11,20H,1-4,7-8,16H2,(H,17,18). The first kappa shape index (κ1) is 13.9. The number of rotatable bonds is 4. The number of amides is 1. The van der Waals surface area contributed by atoms with Gasteiger partial charge in [-0.25, -0.2) is 0 Å².